The summed E-state index contributed by atoms with van der Waals surface area (Å²) in [5, 5.41) is 10.7. The molecule has 0 heterocycles. The van der Waals surface area contributed by atoms with Crippen LogP contribution < -0.4 is 10.8 Å². The van der Waals surface area contributed by atoms with Crippen LogP contribution in [0.4, 0.5) is 13.2 Å². The minimum Gasteiger partial charge on any atom is -0.338 e. The predicted molar refractivity (Wildman–Crippen MR) is 117 cm³/mol. The Hall–Kier alpha value is -0.630. The number of amides is 1. The zero-order chi connectivity index (χ0) is 24.9. The molecule has 31 heavy (non-hydrogen) atoms. The van der Waals surface area contributed by atoms with Crippen molar-refractivity contribution in [3.63, 3.8) is 0 Å². The van der Waals surface area contributed by atoms with Gasteiger partial charge in [-0.25, -0.2) is 0 Å². The van der Waals surface area contributed by atoms with E-state index in [4.69, 9.17) is 15.0 Å². The molecule has 0 saturated heterocycles. The molecule has 0 radical (unpaired) electrons. The summed E-state index contributed by atoms with van der Waals surface area (Å²) < 4.78 is 37.9. The number of nitrogens with one attached hydrogen (secondary N) is 1. The van der Waals surface area contributed by atoms with E-state index < -0.39 is 27.8 Å². The first-order chi connectivity index (χ1) is 14.0. The number of hydrogen-bond acceptors (Lipinski definition) is 8. The van der Waals surface area contributed by atoms with Gasteiger partial charge in [-0.1, -0.05) is 0 Å². The number of alkyl halides is 3. The summed E-state index contributed by atoms with van der Waals surface area (Å²) in [6, 6.07) is 1.77. The van der Waals surface area contributed by atoms with Crippen molar-refractivity contribution < 1.29 is 37.5 Å². The van der Waals surface area contributed by atoms with Gasteiger partial charge in [-0.3, -0.25) is 5.50 Å². The van der Waals surface area contributed by atoms with Crippen LogP contribution in [0.1, 0.15) is 59.8 Å². The molecular weight excluding hydrogens is 459 g/mol. The third-order valence-corrected chi connectivity index (χ3v) is 8.72. The van der Waals surface area contributed by atoms with E-state index >= 15 is 0 Å². The van der Waals surface area contributed by atoms with Gasteiger partial charge in [0.05, 0.1) is 0 Å². The fraction of sp³-hybridized carbons (Fsp3) is 0.882. The van der Waals surface area contributed by atoms with Gasteiger partial charge in [0, 0.05) is 0 Å². The molecule has 186 valence electrons. The summed E-state index contributed by atoms with van der Waals surface area (Å²) in [7, 11) is -6.36. The Morgan fingerprint density at radius 3 is 1.94 bits per heavy atom. The molecule has 7 N–H and O–H groups in total. The number of rotatable bonds is 12. The Kier molecular flexibility index (Phi) is 15.2. The first kappa shape index (κ1) is 32.5. The van der Waals surface area contributed by atoms with E-state index in [1.807, 2.05) is 39.1 Å². The first-order valence-corrected chi connectivity index (χ1v) is 13.7. The number of nitriles is 1. The average Bonchev–Trinajstić information content (AvgIpc) is 2.56. The Bertz CT molecular complexity index is 562. The van der Waals surface area contributed by atoms with Crippen LogP contribution in [-0.4, -0.2) is 67.3 Å². The molecule has 1 amide bonds. The molecular formula is C17H37F3N4O5P2. The SMILES string of the molecule is CC(C)N(C(C)C)P(O)(O)(CCC#N)CCCCCCNC(=O)C(F)(F)F.NP(O)O. The zero-order valence-corrected chi connectivity index (χ0v) is 20.3. The van der Waals surface area contributed by atoms with Gasteiger partial charge in [0.1, 0.15) is 0 Å². The van der Waals surface area contributed by atoms with Crippen molar-refractivity contribution in [3.05, 3.63) is 0 Å². The molecule has 0 unspecified atom stereocenters. The quantitative estimate of drug-likeness (QED) is 0.177. The van der Waals surface area contributed by atoms with Crippen LogP contribution in [0, 0.1) is 11.3 Å². The smallest absolute Gasteiger partial charge is 0.247 e. The van der Waals surface area contributed by atoms with Crippen molar-refractivity contribution in [3.8, 4) is 6.07 Å². The first-order valence-electron chi connectivity index (χ1n) is 9.92. The van der Waals surface area contributed by atoms with Crippen molar-refractivity contribution in [2.24, 2.45) is 5.50 Å². The molecule has 9 nitrogen and oxygen atoms in total. The molecule has 0 aromatic heterocycles. The summed E-state index contributed by atoms with van der Waals surface area (Å²) in [5.41, 5.74) is 4.29. The number of halogens is 3. The number of nitrogens with two attached hydrogens (primary N) is 1. The van der Waals surface area contributed by atoms with Crippen LogP contribution in [0.3, 0.4) is 0 Å². The molecule has 0 aliphatic heterocycles. The van der Waals surface area contributed by atoms with Gasteiger partial charge >= 0.3 is 159 Å². The Morgan fingerprint density at radius 2 is 1.55 bits per heavy atom. The number of carbonyl (C=O) groups is 1. The van der Waals surface area contributed by atoms with E-state index in [0.29, 0.717) is 25.7 Å². The molecule has 0 aromatic rings. The van der Waals surface area contributed by atoms with Crippen LogP contribution >= 0.6 is 15.7 Å². The molecule has 0 spiro atoms. The van der Waals surface area contributed by atoms with E-state index in [9.17, 15) is 27.8 Å². The number of hydrogen-bond donors (Lipinski definition) is 6. The molecule has 0 saturated carbocycles. The van der Waals surface area contributed by atoms with Gasteiger partial charge in [-0.15, -0.1) is 0 Å². The van der Waals surface area contributed by atoms with E-state index in [2.05, 4.69) is 5.50 Å². The standard InChI is InChI=1S/C17H33F3N3O3P.H4NO2P/c1-14(2)23(15(3)4)27(25,26,13-9-10-21)12-8-6-5-7-11-22-16(24)17(18,19)20;1-4(2)3/h14-15,25-26H,5-9,11-13H2,1-4H3,(H,22,24);2-3H,1H2. The second-order valence-corrected chi connectivity index (χ2v) is 12.4. The van der Waals surface area contributed by atoms with Crippen LogP contribution in [0.2, 0.25) is 0 Å². The van der Waals surface area contributed by atoms with Crippen LogP contribution in [0.25, 0.3) is 0 Å². The van der Waals surface area contributed by atoms with E-state index in [1.165, 1.54) is 0 Å². The van der Waals surface area contributed by atoms with Crippen LogP contribution in [0.5, 0.6) is 0 Å². The summed E-state index contributed by atoms with van der Waals surface area (Å²) in [6.07, 6.45) is -2.64. The maximum absolute atomic E-state index is 12.1. The summed E-state index contributed by atoms with van der Waals surface area (Å²) >= 11 is 0. The van der Waals surface area contributed by atoms with Crippen LogP contribution in [0.15, 0.2) is 0 Å². The van der Waals surface area contributed by atoms with Gasteiger partial charge < -0.3 is 9.79 Å². The fourth-order valence-corrected chi connectivity index (χ4v) is 7.75. The van der Waals surface area contributed by atoms with Gasteiger partial charge in [0.2, 0.25) is 8.53 Å². The van der Waals surface area contributed by atoms with Crippen LogP contribution in [-0.2, 0) is 4.79 Å². The Labute approximate surface area is 183 Å². The molecule has 0 aromatic carbocycles. The third kappa shape index (κ3) is 14.2. The second-order valence-electron chi connectivity index (χ2n) is 7.75. The maximum atomic E-state index is 12.1. The Morgan fingerprint density at radius 1 is 1.10 bits per heavy atom. The van der Waals surface area contributed by atoms with E-state index in [-0.39, 0.29) is 37.4 Å². The van der Waals surface area contributed by atoms with Gasteiger partial charge in [-0.05, 0) is 0 Å². The third-order valence-electron chi connectivity index (χ3n) is 4.36. The van der Waals surface area contributed by atoms with Gasteiger partial charge in [0.15, 0.2) is 0 Å². The monoisotopic (exact) mass is 496 g/mol. The topological polar surface area (TPSA) is 163 Å². The molecule has 14 heteroatoms. The maximum Gasteiger partial charge on any atom is 0.247 e. The molecule has 0 aliphatic rings. The largest absolute Gasteiger partial charge is 0.338 e. The van der Waals surface area contributed by atoms with Gasteiger partial charge in [0.25, 0.3) is 0 Å². The molecule has 0 aliphatic carbocycles. The van der Waals surface area contributed by atoms with E-state index in [0.717, 1.165) is 0 Å². The fourth-order valence-electron chi connectivity index (χ4n) is 3.50. The molecule has 0 bridgehead atoms. The number of carbonyl (C=O) groups excluding carboxylic acids is 1. The van der Waals surface area contributed by atoms with Crippen molar-refractivity contribution in [2.45, 2.75) is 78.1 Å². The minimum absolute atomic E-state index is 0.0140. The summed E-state index contributed by atoms with van der Waals surface area (Å²) in [4.78, 5) is 48.1. The minimum atomic E-state index is -4.87. The predicted octanol–water partition coefficient (Wildman–Crippen LogP) is 2.70. The number of unbranched alkanes of at least 4 members (excludes halogenated alkanes) is 3. The summed E-state index contributed by atoms with van der Waals surface area (Å²) in [5.74, 6) is -1.95. The number of nitrogens with zero attached hydrogens (tertiary/aromatic N) is 2. The Balaban J connectivity index is 0. The molecule has 0 rings (SSSR count). The van der Waals surface area contributed by atoms with E-state index in [1.54, 1.807) is 4.67 Å². The summed E-state index contributed by atoms with van der Waals surface area (Å²) in [6.45, 7) is 7.44. The van der Waals surface area contributed by atoms with Crippen molar-refractivity contribution in [1.82, 2.24) is 9.99 Å². The average molecular weight is 496 g/mol. The normalized spacial score (nSPS) is 13.6. The van der Waals surface area contributed by atoms with Crippen molar-refractivity contribution in [1.29, 1.82) is 5.26 Å². The van der Waals surface area contributed by atoms with Crippen molar-refractivity contribution >= 4 is 21.6 Å². The second kappa shape index (κ2) is 14.5. The molecule has 0 atom stereocenters. The van der Waals surface area contributed by atoms with Gasteiger partial charge in [-0.2, -0.15) is 0 Å². The van der Waals surface area contributed by atoms with Crippen molar-refractivity contribution in [2.75, 3.05) is 18.9 Å². The molecule has 0 fully saturated rings. The zero-order valence-electron chi connectivity index (χ0n) is 18.5.